The van der Waals surface area contributed by atoms with Crippen LogP contribution < -0.4 is 14.8 Å². The van der Waals surface area contributed by atoms with Gasteiger partial charge in [0.05, 0.1) is 17.8 Å². The minimum atomic E-state index is -0.301. The van der Waals surface area contributed by atoms with Crippen molar-refractivity contribution in [3.05, 3.63) is 94.0 Å². The molecule has 3 aromatic rings. The standard InChI is InChI=1S/C23H19Cl2NO3/c1-28-21-8-4-5-17(23(21)29-15-16-9-12-18(24)13-10-16)11-14-22(27)26-20-7-3-2-6-19(20)25/h2-14H,15H2,1H3,(H,26,27)/b14-11+. The third-order valence-electron chi connectivity index (χ3n) is 4.07. The Morgan fingerprint density at radius 1 is 1.00 bits per heavy atom. The molecular formula is C23H19Cl2NO3. The maximum Gasteiger partial charge on any atom is 0.248 e. The predicted octanol–water partition coefficient (Wildman–Crippen LogP) is 6.23. The molecule has 0 aliphatic heterocycles. The number of para-hydroxylation sites is 2. The minimum Gasteiger partial charge on any atom is -0.493 e. The second-order valence-corrected chi connectivity index (χ2v) is 6.94. The van der Waals surface area contributed by atoms with Crippen LogP contribution in [0, 0.1) is 0 Å². The van der Waals surface area contributed by atoms with Crippen molar-refractivity contribution >= 4 is 40.9 Å². The van der Waals surface area contributed by atoms with Crippen molar-refractivity contribution in [3.63, 3.8) is 0 Å². The summed E-state index contributed by atoms with van der Waals surface area (Å²) < 4.78 is 11.4. The molecule has 148 valence electrons. The summed E-state index contributed by atoms with van der Waals surface area (Å²) in [5.74, 6) is 0.823. The molecule has 3 aromatic carbocycles. The molecule has 4 nitrogen and oxygen atoms in total. The van der Waals surface area contributed by atoms with E-state index in [0.29, 0.717) is 39.4 Å². The van der Waals surface area contributed by atoms with Crippen molar-refractivity contribution in [2.75, 3.05) is 12.4 Å². The first-order valence-corrected chi connectivity index (χ1v) is 9.60. The monoisotopic (exact) mass is 427 g/mol. The van der Waals surface area contributed by atoms with Gasteiger partial charge in [-0.3, -0.25) is 4.79 Å². The highest BCUT2D eigenvalue weighted by Gasteiger charge is 2.10. The summed E-state index contributed by atoms with van der Waals surface area (Å²) in [6, 6.07) is 19.9. The number of hydrogen-bond acceptors (Lipinski definition) is 3. The number of nitrogens with one attached hydrogen (secondary N) is 1. The zero-order valence-electron chi connectivity index (χ0n) is 15.7. The number of hydrogen-bond donors (Lipinski definition) is 1. The van der Waals surface area contributed by atoms with Crippen molar-refractivity contribution in [3.8, 4) is 11.5 Å². The number of ether oxygens (including phenoxy) is 2. The van der Waals surface area contributed by atoms with Gasteiger partial charge in [-0.25, -0.2) is 0 Å². The lowest BCUT2D eigenvalue weighted by molar-refractivity contribution is -0.111. The predicted molar refractivity (Wildman–Crippen MR) is 118 cm³/mol. The van der Waals surface area contributed by atoms with E-state index < -0.39 is 0 Å². The third kappa shape index (κ3) is 5.76. The van der Waals surface area contributed by atoms with Gasteiger partial charge in [0.2, 0.25) is 5.91 Å². The molecule has 0 spiro atoms. The summed E-state index contributed by atoms with van der Waals surface area (Å²) in [6.07, 6.45) is 3.10. The molecule has 0 unspecified atom stereocenters. The molecule has 6 heteroatoms. The largest absolute Gasteiger partial charge is 0.493 e. The first-order valence-electron chi connectivity index (χ1n) is 8.84. The van der Waals surface area contributed by atoms with Gasteiger partial charge < -0.3 is 14.8 Å². The lowest BCUT2D eigenvalue weighted by Gasteiger charge is -2.13. The molecule has 0 atom stereocenters. The van der Waals surface area contributed by atoms with Crippen molar-refractivity contribution in [1.29, 1.82) is 0 Å². The summed E-state index contributed by atoms with van der Waals surface area (Å²) in [4.78, 5) is 12.3. The molecule has 0 aromatic heterocycles. The topological polar surface area (TPSA) is 47.6 Å². The van der Waals surface area contributed by atoms with Gasteiger partial charge in [0.25, 0.3) is 0 Å². The van der Waals surface area contributed by atoms with Gasteiger partial charge in [0.1, 0.15) is 6.61 Å². The van der Waals surface area contributed by atoms with Crippen LogP contribution >= 0.6 is 23.2 Å². The first-order chi connectivity index (χ1) is 14.1. The molecular weight excluding hydrogens is 409 g/mol. The number of carbonyl (C=O) groups is 1. The molecule has 0 fully saturated rings. The summed E-state index contributed by atoms with van der Waals surface area (Å²) >= 11 is 12.0. The highest BCUT2D eigenvalue weighted by Crippen LogP contribution is 2.33. The lowest BCUT2D eigenvalue weighted by Crippen LogP contribution is -2.08. The molecule has 0 saturated carbocycles. The van der Waals surface area contributed by atoms with E-state index in [4.69, 9.17) is 32.7 Å². The van der Waals surface area contributed by atoms with Crippen LogP contribution in [0.25, 0.3) is 6.08 Å². The van der Waals surface area contributed by atoms with Gasteiger partial charge in [-0.2, -0.15) is 0 Å². The van der Waals surface area contributed by atoms with Crippen molar-refractivity contribution in [2.24, 2.45) is 0 Å². The van der Waals surface area contributed by atoms with Gasteiger partial charge >= 0.3 is 0 Å². The number of benzene rings is 3. The quantitative estimate of drug-likeness (QED) is 0.454. The number of anilines is 1. The molecule has 1 amide bonds. The zero-order valence-corrected chi connectivity index (χ0v) is 17.2. The van der Waals surface area contributed by atoms with Crippen LogP contribution in [0.2, 0.25) is 10.0 Å². The van der Waals surface area contributed by atoms with E-state index in [1.165, 1.54) is 6.08 Å². The average Bonchev–Trinajstić information content (AvgIpc) is 2.73. The fourth-order valence-corrected chi connectivity index (χ4v) is 2.93. The highest BCUT2D eigenvalue weighted by atomic mass is 35.5. The maximum absolute atomic E-state index is 12.3. The van der Waals surface area contributed by atoms with Crippen LogP contribution in [0.1, 0.15) is 11.1 Å². The van der Waals surface area contributed by atoms with E-state index in [2.05, 4.69) is 5.32 Å². The first kappa shape index (κ1) is 20.8. The Morgan fingerprint density at radius 2 is 1.76 bits per heavy atom. The molecule has 0 aliphatic rings. The van der Waals surface area contributed by atoms with Crippen LogP contribution in [0.3, 0.4) is 0 Å². The summed E-state index contributed by atoms with van der Waals surface area (Å²) in [7, 11) is 1.57. The van der Waals surface area contributed by atoms with Gasteiger partial charge in [-0.05, 0) is 42.0 Å². The number of methoxy groups -OCH3 is 1. The van der Waals surface area contributed by atoms with E-state index in [1.54, 1.807) is 43.5 Å². The van der Waals surface area contributed by atoms with Crippen LogP contribution in [0.15, 0.2) is 72.8 Å². The smallest absolute Gasteiger partial charge is 0.248 e. The SMILES string of the molecule is COc1cccc(/C=C/C(=O)Nc2ccccc2Cl)c1OCc1ccc(Cl)cc1. The molecule has 0 bridgehead atoms. The number of carbonyl (C=O) groups excluding carboxylic acids is 1. The van der Waals surface area contributed by atoms with E-state index in [-0.39, 0.29) is 5.91 Å². The number of amides is 1. The zero-order chi connectivity index (χ0) is 20.6. The van der Waals surface area contributed by atoms with E-state index in [0.717, 1.165) is 5.56 Å². The molecule has 29 heavy (non-hydrogen) atoms. The van der Waals surface area contributed by atoms with Crippen LogP contribution in [-0.4, -0.2) is 13.0 Å². The third-order valence-corrected chi connectivity index (χ3v) is 4.65. The van der Waals surface area contributed by atoms with Crippen molar-refractivity contribution in [2.45, 2.75) is 6.61 Å². The summed E-state index contributed by atoms with van der Waals surface area (Å²) in [6.45, 7) is 0.338. The van der Waals surface area contributed by atoms with E-state index >= 15 is 0 Å². The Bertz CT molecular complexity index is 1020. The number of halogens is 2. The second kappa shape index (κ2) is 10.0. The van der Waals surface area contributed by atoms with Crippen molar-refractivity contribution in [1.82, 2.24) is 0 Å². The molecule has 0 aliphatic carbocycles. The fourth-order valence-electron chi connectivity index (χ4n) is 2.62. The Hall–Kier alpha value is -2.95. The normalized spacial score (nSPS) is 10.7. The molecule has 1 N–H and O–H groups in total. The Morgan fingerprint density at radius 3 is 2.48 bits per heavy atom. The van der Waals surface area contributed by atoms with E-state index in [1.807, 2.05) is 36.4 Å². The van der Waals surface area contributed by atoms with Gasteiger partial charge in [0.15, 0.2) is 11.5 Å². The van der Waals surface area contributed by atoms with Gasteiger partial charge in [-0.1, -0.05) is 59.6 Å². The van der Waals surface area contributed by atoms with Gasteiger partial charge in [0, 0.05) is 16.7 Å². The minimum absolute atomic E-state index is 0.301. The molecule has 0 radical (unpaired) electrons. The average molecular weight is 428 g/mol. The fraction of sp³-hybridized carbons (Fsp3) is 0.0870. The highest BCUT2D eigenvalue weighted by molar-refractivity contribution is 6.33. The number of rotatable bonds is 7. The molecule has 3 rings (SSSR count). The van der Waals surface area contributed by atoms with Crippen LogP contribution in [0.4, 0.5) is 5.69 Å². The Balaban J connectivity index is 1.76. The Labute approximate surface area is 179 Å². The Kier molecular flexibility index (Phi) is 7.17. The maximum atomic E-state index is 12.3. The molecule has 0 heterocycles. The molecule has 0 saturated heterocycles. The summed E-state index contributed by atoms with van der Waals surface area (Å²) in [5, 5.41) is 3.89. The van der Waals surface area contributed by atoms with E-state index in [9.17, 15) is 4.79 Å². The van der Waals surface area contributed by atoms with Crippen LogP contribution in [0.5, 0.6) is 11.5 Å². The van der Waals surface area contributed by atoms with Crippen molar-refractivity contribution < 1.29 is 14.3 Å². The summed E-state index contributed by atoms with van der Waals surface area (Å²) in [5.41, 5.74) is 2.23. The second-order valence-electron chi connectivity index (χ2n) is 6.10. The van der Waals surface area contributed by atoms with Crippen LogP contribution in [-0.2, 0) is 11.4 Å². The lowest BCUT2D eigenvalue weighted by atomic mass is 10.1. The van der Waals surface area contributed by atoms with Gasteiger partial charge in [-0.15, -0.1) is 0 Å².